The summed E-state index contributed by atoms with van der Waals surface area (Å²) in [5.74, 6) is -0.509. The Labute approximate surface area is 160 Å². The average molecular weight is 366 g/mol. The highest BCUT2D eigenvalue weighted by molar-refractivity contribution is 6.01. The van der Waals surface area contributed by atoms with Gasteiger partial charge in [-0.3, -0.25) is 9.69 Å². The first-order valence-corrected chi connectivity index (χ1v) is 9.33. The predicted molar refractivity (Wildman–Crippen MR) is 106 cm³/mol. The van der Waals surface area contributed by atoms with E-state index in [1.54, 1.807) is 24.3 Å². The summed E-state index contributed by atoms with van der Waals surface area (Å²) in [6.45, 7) is 4.79. The van der Waals surface area contributed by atoms with Crippen LogP contribution in [0.1, 0.15) is 34.3 Å². The maximum absolute atomic E-state index is 12.7. The molecule has 0 spiro atoms. The van der Waals surface area contributed by atoms with E-state index < -0.39 is 5.97 Å². The largest absolute Gasteiger partial charge is 0.465 e. The summed E-state index contributed by atoms with van der Waals surface area (Å²) in [5, 5.41) is 2.91. The molecule has 1 aliphatic heterocycles. The Hall–Kier alpha value is -2.66. The molecule has 1 fully saturated rings. The molecule has 1 amide bonds. The maximum Gasteiger partial charge on any atom is 0.339 e. The first-order valence-electron chi connectivity index (χ1n) is 9.33. The topological polar surface area (TPSA) is 58.6 Å². The molecule has 142 valence electrons. The van der Waals surface area contributed by atoms with E-state index in [2.05, 4.69) is 41.4 Å². The summed E-state index contributed by atoms with van der Waals surface area (Å²) in [5.41, 5.74) is 3.46. The van der Waals surface area contributed by atoms with E-state index in [1.165, 1.54) is 18.2 Å². The molecule has 0 radical (unpaired) electrons. The molecule has 1 saturated heterocycles. The van der Waals surface area contributed by atoms with Crippen LogP contribution in [0.2, 0.25) is 0 Å². The van der Waals surface area contributed by atoms with Crippen LogP contribution in [0.15, 0.2) is 48.5 Å². The van der Waals surface area contributed by atoms with E-state index in [0.29, 0.717) is 11.3 Å². The minimum Gasteiger partial charge on any atom is -0.465 e. The number of ether oxygens (including phenoxy) is 1. The Bertz CT molecular complexity index is 793. The molecule has 0 aliphatic carbocycles. The number of benzene rings is 2. The van der Waals surface area contributed by atoms with E-state index in [1.807, 2.05) is 0 Å². The fourth-order valence-corrected chi connectivity index (χ4v) is 3.42. The molecule has 5 heteroatoms. The Balaban J connectivity index is 1.54. The van der Waals surface area contributed by atoms with Crippen molar-refractivity contribution < 1.29 is 14.3 Å². The molecular weight excluding hydrogens is 340 g/mol. The van der Waals surface area contributed by atoms with Crippen LogP contribution in [0.4, 0.5) is 5.69 Å². The second kappa shape index (κ2) is 8.82. The lowest BCUT2D eigenvalue weighted by atomic mass is 9.95. The maximum atomic E-state index is 12.7. The van der Waals surface area contributed by atoms with Crippen LogP contribution >= 0.6 is 0 Å². The fraction of sp³-hybridized carbons (Fsp3) is 0.364. The summed E-state index contributed by atoms with van der Waals surface area (Å²) in [7, 11) is 1.34. The van der Waals surface area contributed by atoms with E-state index in [9.17, 15) is 9.59 Å². The number of likely N-dealkylation sites (tertiary alicyclic amines) is 1. The third-order valence-corrected chi connectivity index (χ3v) is 5.08. The molecule has 2 aromatic rings. The number of rotatable bonds is 5. The summed E-state index contributed by atoms with van der Waals surface area (Å²) >= 11 is 0. The second-order valence-electron chi connectivity index (χ2n) is 7.06. The van der Waals surface area contributed by atoms with Crippen molar-refractivity contribution in [3.63, 3.8) is 0 Å². The van der Waals surface area contributed by atoms with Gasteiger partial charge in [-0.2, -0.15) is 0 Å². The van der Waals surface area contributed by atoms with Crippen LogP contribution in [-0.4, -0.2) is 37.0 Å². The molecule has 3 rings (SSSR count). The van der Waals surface area contributed by atoms with Crippen LogP contribution in [0.25, 0.3) is 0 Å². The van der Waals surface area contributed by atoms with E-state index in [-0.39, 0.29) is 11.8 Å². The number of carbonyl (C=O) groups is 2. The molecule has 0 aromatic heterocycles. The van der Waals surface area contributed by atoms with Gasteiger partial charge in [-0.15, -0.1) is 0 Å². The molecule has 0 saturated carbocycles. The minimum absolute atomic E-state index is 0.0265. The minimum atomic E-state index is -0.446. The highest BCUT2D eigenvalue weighted by Crippen LogP contribution is 2.23. The van der Waals surface area contributed by atoms with Crippen molar-refractivity contribution in [1.29, 1.82) is 0 Å². The van der Waals surface area contributed by atoms with Crippen LogP contribution in [0.3, 0.4) is 0 Å². The van der Waals surface area contributed by atoms with Crippen LogP contribution < -0.4 is 5.32 Å². The van der Waals surface area contributed by atoms with E-state index in [0.717, 1.165) is 32.5 Å². The van der Waals surface area contributed by atoms with Crippen LogP contribution in [-0.2, 0) is 16.1 Å². The summed E-state index contributed by atoms with van der Waals surface area (Å²) in [6.07, 6.45) is 1.64. The normalized spacial score (nSPS) is 15.3. The van der Waals surface area contributed by atoms with Gasteiger partial charge in [-0.05, 0) is 50.6 Å². The van der Waals surface area contributed by atoms with Crippen LogP contribution in [0.5, 0.6) is 0 Å². The van der Waals surface area contributed by atoms with Gasteiger partial charge in [0.25, 0.3) is 0 Å². The average Bonchev–Trinajstić information content (AvgIpc) is 2.70. The predicted octanol–water partition coefficient (Wildman–Crippen LogP) is 3.63. The number of piperidine rings is 1. The highest BCUT2D eigenvalue weighted by atomic mass is 16.5. The first-order chi connectivity index (χ1) is 13.1. The number of nitrogens with zero attached hydrogens (tertiary/aromatic N) is 1. The van der Waals surface area contributed by atoms with Crippen molar-refractivity contribution in [2.24, 2.45) is 5.92 Å². The second-order valence-corrected chi connectivity index (χ2v) is 7.06. The van der Waals surface area contributed by atoms with Gasteiger partial charge in [0.15, 0.2) is 0 Å². The van der Waals surface area contributed by atoms with Gasteiger partial charge in [-0.25, -0.2) is 4.79 Å². The van der Waals surface area contributed by atoms with Crippen molar-refractivity contribution in [1.82, 2.24) is 4.90 Å². The molecule has 2 aromatic carbocycles. The SMILES string of the molecule is COC(=O)c1ccccc1NC(=O)C1CCN(Cc2ccc(C)cc2)CC1. The number of amides is 1. The standard InChI is InChI=1S/C22H26N2O3/c1-16-7-9-17(10-8-16)15-24-13-11-18(12-14-24)21(25)23-20-6-4-3-5-19(20)22(26)27-2/h3-10,18H,11-15H2,1-2H3,(H,23,25). The van der Waals surface area contributed by atoms with Crippen molar-refractivity contribution in [2.75, 3.05) is 25.5 Å². The number of carbonyl (C=O) groups excluding carboxylic acids is 2. The number of aryl methyl sites for hydroxylation is 1. The molecular formula is C22H26N2O3. The van der Waals surface area contributed by atoms with Gasteiger partial charge in [-0.1, -0.05) is 42.0 Å². The fourth-order valence-electron chi connectivity index (χ4n) is 3.42. The number of nitrogens with one attached hydrogen (secondary N) is 1. The van der Waals surface area contributed by atoms with Crippen molar-refractivity contribution in [2.45, 2.75) is 26.3 Å². The van der Waals surface area contributed by atoms with E-state index >= 15 is 0 Å². The zero-order chi connectivity index (χ0) is 19.2. The van der Waals surface area contributed by atoms with Crippen LogP contribution in [0, 0.1) is 12.8 Å². The Morgan fingerprint density at radius 1 is 1.07 bits per heavy atom. The zero-order valence-corrected chi connectivity index (χ0v) is 15.9. The lowest BCUT2D eigenvalue weighted by Crippen LogP contribution is -2.37. The number of anilines is 1. The molecule has 0 atom stereocenters. The van der Waals surface area contributed by atoms with Crippen molar-refractivity contribution in [3.05, 3.63) is 65.2 Å². The number of methoxy groups -OCH3 is 1. The van der Waals surface area contributed by atoms with Gasteiger partial charge in [0.2, 0.25) is 5.91 Å². The molecule has 1 aliphatic rings. The Morgan fingerprint density at radius 2 is 1.74 bits per heavy atom. The highest BCUT2D eigenvalue weighted by Gasteiger charge is 2.26. The number of para-hydroxylation sites is 1. The van der Waals surface area contributed by atoms with Crippen molar-refractivity contribution in [3.8, 4) is 0 Å². The number of hydrogen-bond acceptors (Lipinski definition) is 4. The summed E-state index contributed by atoms with van der Waals surface area (Å²) < 4.78 is 4.79. The molecule has 0 bridgehead atoms. The molecule has 0 unspecified atom stereocenters. The van der Waals surface area contributed by atoms with Gasteiger partial charge < -0.3 is 10.1 Å². The molecule has 1 heterocycles. The van der Waals surface area contributed by atoms with Gasteiger partial charge in [0.1, 0.15) is 0 Å². The lowest BCUT2D eigenvalue weighted by molar-refractivity contribution is -0.121. The molecule has 5 nitrogen and oxygen atoms in total. The summed E-state index contributed by atoms with van der Waals surface area (Å²) in [4.78, 5) is 26.9. The van der Waals surface area contributed by atoms with Gasteiger partial charge >= 0.3 is 5.97 Å². The monoisotopic (exact) mass is 366 g/mol. The number of esters is 1. The summed E-state index contributed by atoms with van der Waals surface area (Å²) in [6, 6.07) is 15.5. The smallest absolute Gasteiger partial charge is 0.339 e. The quantitative estimate of drug-likeness (QED) is 0.821. The third-order valence-electron chi connectivity index (χ3n) is 5.08. The Kier molecular flexibility index (Phi) is 6.24. The third kappa shape index (κ3) is 4.95. The van der Waals surface area contributed by atoms with E-state index in [4.69, 9.17) is 4.74 Å². The van der Waals surface area contributed by atoms with Gasteiger partial charge in [0.05, 0.1) is 18.4 Å². The van der Waals surface area contributed by atoms with Crippen molar-refractivity contribution >= 4 is 17.6 Å². The molecule has 1 N–H and O–H groups in total. The first kappa shape index (κ1) is 19.1. The Morgan fingerprint density at radius 3 is 2.41 bits per heavy atom. The number of hydrogen-bond donors (Lipinski definition) is 1. The molecule has 27 heavy (non-hydrogen) atoms. The zero-order valence-electron chi connectivity index (χ0n) is 15.9. The van der Waals surface area contributed by atoms with Gasteiger partial charge in [0, 0.05) is 12.5 Å². The lowest BCUT2D eigenvalue weighted by Gasteiger charge is -2.31.